The van der Waals surface area contributed by atoms with Crippen molar-refractivity contribution >= 4 is 34.2 Å². The molecule has 33 heavy (non-hydrogen) atoms. The number of nitrogens with zero attached hydrogens (tertiary/aromatic N) is 3. The van der Waals surface area contributed by atoms with Crippen LogP contribution in [0.3, 0.4) is 0 Å². The van der Waals surface area contributed by atoms with E-state index < -0.39 is 5.97 Å². The minimum atomic E-state index is -1.02. The molecule has 1 aliphatic heterocycles. The number of aryl methyl sites for hydroxylation is 1. The lowest BCUT2D eigenvalue weighted by Crippen LogP contribution is -2.28. The minimum Gasteiger partial charge on any atom is -0.477 e. The van der Waals surface area contributed by atoms with Crippen molar-refractivity contribution in [2.75, 3.05) is 5.01 Å². The van der Waals surface area contributed by atoms with Gasteiger partial charge in [-0.15, -0.1) is 0 Å². The van der Waals surface area contributed by atoms with Crippen molar-refractivity contribution in [1.29, 1.82) is 0 Å². The second-order valence-electron chi connectivity index (χ2n) is 8.26. The van der Waals surface area contributed by atoms with E-state index in [1.54, 1.807) is 36.2 Å². The number of aromatic carboxylic acids is 1. The summed E-state index contributed by atoms with van der Waals surface area (Å²) in [6.45, 7) is 1.67. The molecular weight excluding hydrogens is 444 g/mol. The van der Waals surface area contributed by atoms with Crippen molar-refractivity contribution in [2.45, 2.75) is 32.2 Å². The fourth-order valence-electron chi connectivity index (χ4n) is 4.59. The molecule has 8 heteroatoms. The number of hydrogen-bond donors (Lipinski definition) is 1. The number of allylic oxidation sites excluding steroid dienone is 1. The number of thiazole rings is 1. The lowest BCUT2D eigenvalue weighted by Gasteiger charge is -2.29. The number of fused-ring (bicyclic) bond motifs is 1. The molecule has 0 amide bonds. The summed E-state index contributed by atoms with van der Waals surface area (Å²) < 4.78 is 27.0. The number of benzene rings is 2. The van der Waals surface area contributed by atoms with Gasteiger partial charge in [0, 0.05) is 5.92 Å². The van der Waals surface area contributed by atoms with Crippen LogP contribution in [0.2, 0.25) is 0 Å². The first-order valence-electron chi connectivity index (χ1n) is 10.7. The third kappa shape index (κ3) is 4.06. The number of carboxylic acid groups (broad SMARTS) is 1. The lowest BCUT2D eigenvalue weighted by molar-refractivity contribution is 0.0701. The van der Waals surface area contributed by atoms with Crippen LogP contribution in [0.1, 0.15) is 51.8 Å². The van der Waals surface area contributed by atoms with Crippen molar-refractivity contribution in [3.63, 3.8) is 0 Å². The molecular formula is C25H21F2N3O2S. The van der Waals surface area contributed by atoms with Crippen LogP contribution in [0.15, 0.2) is 59.2 Å². The van der Waals surface area contributed by atoms with Gasteiger partial charge in [-0.05, 0) is 73.2 Å². The first-order chi connectivity index (χ1) is 15.9. The predicted octanol–water partition coefficient (Wildman–Crippen LogP) is 6.23. The highest BCUT2D eigenvalue weighted by Gasteiger charge is 2.43. The number of carbonyl (C=O) groups is 1. The first-order valence-corrected chi connectivity index (χ1v) is 11.5. The minimum absolute atomic E-state index is 0.0494. The summed E-state index contributed by atoms with van der Waals surface area (Å²) in [6.07, 6.45) is 4.73. The maximum atomic E-state index is 13.7. The molecule has 5 rings (SSSR count). The van der Waals surface area contributed by atoms with E-state index in [-0.39, 0.29) is 28.5 Å². The highest BCUT2D eigenvalue weighted by Crippen LogP contribution is 2.47. The molecule has 1 N–H and O–H groups in total. The smallest absolute Gasteiger partial charge is 0.347 e. The molecule has 2 unspecified atom stereocenters. The molecule has 2 aromatic carbocycles. The molecule has 5 nitrogen and oxygen atoms in total. The molecule has 1 saturated carbocycles. The Hall–Kier alpha value is -3.39. The van der Waals surface area contributed by atoms with Crippen LogP contribution in [-0.2, 0) is 0 Å². The van der Waals surface area contributed by atoms with Crippen molar-refractivity contribution in [1.82, 2.24) is 4.98 Å². The van der Waals surface area contributed by atoms with Gasteiger partial charge in [0.1, 0.15) is 16.5 Å². The zero-order chi connectivity index (χ0) is 23.1. The van der Waals surface area contributed by atoms with Gasteiger partial charge in [0.2, 0.25) is 5.13 Å². The van der Waals surface area contributed by atoms with Gasteiger partial charge >= 0.3 is 5.97 Å². The van der Waals surface area contributed by atoms with E-state index in [0.717, 1.165) is 53.0 Å². The Morgan fingerprint density at radius 3 is 2.42 bits per heavy atom. The number of hydrazone groups is 1. The number of anilines is 1. The quantitative estimate of drug-likeness (QED) is 0.496. The van der Waals surface area contributed by atoms with Crippen molar-refractivity contribution in [2.24, 2.45) is 11.0 Å². The molecule has 1 aliphatic carbocycles. The molecule has 2 heterocycles. The van der Waals surface area contributed by atoms with Crippen LogP contribution in [0.4, 0.5) is 13.9 Å². The Morgan fingerprint density at radius 2 is 1.79 bits per heavy atom. The summed E-state index contributed by atoms with van der Waals surface area (Å²) in [5.41, 5.74) is 4.22. The normalized spacial score (nSPS) is 21.2. The number of hydrogen-bond acceptors (Lipinski definition) is 5. The fourth-order valence-corrected chi connectivity index (χ4v) is 5.48. The van der Waals surface area contributed by atoms with Gasteiger partial charge in [-0.25, -0.2) is 23.6 Å². The van der Waals surface area contributed by atoms with E-state index in [4.69, 9.17) is 5.10 Å². The van der Waals surface area contributed by atoms with E-state index >= 15 is 0 Å². The van der Waals surface area contributed by atoms with Crippen molar-refractivity contribution in [3.05, 3.63) is 87.4 Å². The van der Waals surface area contributed by atoms with Crippen LogP contribution in [0.25, 0.3) is 6.08 Å². The van der Waals surface area contributed by atoms with Crippen LogP contribution in [-0.4, -0.2) is 21.8 Å². The lowest BCUT2D eigenvalue weighted by atomic mass is 9.77. The molecule has 0 bridgehead atoms. The van der Waals surface area contributed by atoms with E-state index in [2.05, 4.69) is 4.98 Å². The Morgan fingerprint density at radius 1 is 1.12 bits per heavy atom. The Bertz CT molecular complexity index is 1270. The third-order valence-electron chi connectivity index (χ3n) is 6.10. The summed E-state index contributed by atoms with van der Waals surface area (Å²) in [5.74, 6) is -1.57. The largest absolute Gasteiger partial charge is 0.477 e. The van der Waals surface area contributed by atoms with Crippen LogP contribution in [0.5, 0.6) is 0 Å². The molecule has 2 aliphatic rings. The van der Waals surface area contributed by atoms with Crippen LogP contribution in [0, 0.1) is 24.5 Å². The molecule has 3 aromatic rings. The molecule has 2 atom stereocenters. The summed E-state index contributed by atoms with van der Waals surface area (Å²) >= 11 is 1.09. The average molecular weight is 466 g/mol. The summed E-state index contributed by atoms with van der Waals surface area (Å²) in [6, 6.07) is 12.5. The monoisotopic (exact) mass is 465 g/mol. The van der Waals surface area contributed by atoms with Crippen LogP contribution >= 0.6 is 11.3 Å². The molecule has 1 fully saturated rings. The van der Waals surface area contributed by atoms with Gasteiger partial charge in [-0.2, -0.15) is 5.10 Å². The SMILES string of the molecule is Cc1nc(N2N=C3/C(=C/c4ccc(F)cc4)CCCC3C2c2ccc(F)cc2)sc1C(=O)O. The Labute approximate surface area is 193 Å². The van der Waals surface area contributed by atoms with Gasteiger partial charge in [0.15, 0.2) is 0 Å². The fraction of sp³-hybridized carbons (Fsp3) is 0.240. The van der Waals surface area contributed by atoms with E-state index in [1.807, 2.05) is 6.08 Å². The van der Waals surface area contributed by atoms with E-state index in [0.29, 0.717) is 10.8 Å². The standard InChI is InChI=1S/C25H21F2N3O2S/c1-14-23(24(31)32)33-25(28-14)30-22(16-7-11-19(27)12-8-16)20-4-2-3-17(21(20)29-30)13-15-5-9-18(26)10-6-15/h5-13,20,22H,2-4H2,1H3,(H,31,32)/b17-13+. The topological polar surface area (TPSA) is 65.8 Å². The van der Waals surface area contributed by atoms with Gasteiger partial charge in [-0.3, -0.25) is 0 Å². The number of rotatable bonds is 4. The Kier molecular flexibility index (Phi) is 5.54. The van der Waals surface area contributed by atoms with Gasteiger partial charge in [0.25, 0.3) is 0 Å². The summed E-state index contributed by atoms with van der Waals surface area (Å²) in [5, 5.41) is 16.7. The number of carboxylic acids is 1. The molecule has 0 saturated heterocycles. The molecule has 0 spiro atoms. The highest BCUT2D eigenvalue weighted by atomic mass is 32.1. The van der Waals surface area contributed by atoms with Crippen molar-refractivity contribution < 1.29 is 18.7 Å². The second-order valence-corrected chi connectivity index (χ2v) is 9.24. The van der Waals surface area contributed by atoms with Crippen LogP contribution < -0.4 is 5.01 Å². The maximum absolute atomic E-state index is 13.7. The number of aromatic nitrogens is 1. The average Bonchev–Trinajstić information content (AvgIpc) is 3.37. The molecule has 168 valence electrons. The van der Waals surface area contributed by atoms with Crippen molar-refractivity contribution in [3.8, 4) is 0 Å². The van der Waals surface area contributed by atoms with E-state index in [9.17, 15) is 18.7 Å². The maximum Gasteiger partial charge on any atom is 0.347 e. The van der Waals surface area contributed by atoms with Gasteiger partial charge < -0.3 is 5.11 Å². The Balaban J connectivity index is 1.60. The third-order valence-corrected chi connectivity index (χ3v) is 7.23. The zero-order valence-corrected chi connectivity index (χ0v) is 18.6. The number of halogens is 2. The molecule has 0 radical (unpaired) electrons. The zero-order valence-electron chi connectivity index (χ0n) is 17.8. The summed E-state index contributed by atoms with van der Waals surface area (Å²) in [4.78, 5) is 16.3. The first kappa shape index (κ1) is 21.5. The van der Waals surface area contributed by atoms with Gasteiger partial charge in [-0.1, -0.05) is 35.6 Å². The molecule has 1 aromatic heterocycles. The highest BCUT2D eigenvalue weighted by molar-refractivity contribution is 7.17. The van der Waals surface area contributed by atoms with Gasteiger partial charge in [0.05, 0.1) is 17.4 Å². The summed E-state index contributed by atoms with van der Waals surface area (Å²) in [7, 11) is 0. The second kappa shape index (κ2) is 8.51. The predicted molar refractivity (Wildman–Crippen MR) is 125 cm³/mol. The van der Waals surface area contributed by atoms with E-state index in [1.165, 1.54) is 24.3 Å².